The monoisotopic (exact) mass is 329 g/mol. The lowest BCUT2D eigenvalue weighted by molar-refractivity contribution is -0.276. The van der Waals surface area contributed by atoms with Crippen LogP contribution in [0.25, 0.3) is 0 Å². The van der Waals surface area contributed by atoms with Crippen molar-refractivity contribution in [2.45, 2.75) is 11.7 Å². The summed E-state index contributed by atoms with van der Waals surface area (Å²) in [5.41, 5.74) is -0.629. The van der Waals surface area contributed by atoms with Crippen molar-refractivity contribution in [3.8, 4) is 11.6 Å². The van der Waals surface area contributed by atoms with Gasteiger partial charge in [0.25, 0.3) is 0 Å². The number of rotatable bonds is 4. The van der Waals surface area contributed by atoms with Crippen molar-refractivity contribution in [1.82, 2.24) is 4.98 Å². The van der Waals surface area contributed by atoms with E-state index in [2.05, 4.69) is 25.7 Å². The number of alkyl halides is 4. The molecule has 100 valence electrons. The molecule has 0 atom stereocenters. The molecule has 1 rings (SSSR count). The van der Waals surface area contributed by atoms with Gasteiger partial charge in [-0.1, -0.05) is 15.9 Å². The molecule has 1 aromatic rings. The molecule has 18 heavy (non-hydrogen) atoms. The third-order valence-electron chi connectivity index (χ3n) is 1.83. The number of hydrogen-bond acceptors (Lipinski definition) is 4. The van der Waals surface area contributed by atoms with Gasteiger partial charge in [-0.25, -0.2) is 9.78 Å². The van der Waals surface area contributed by atoms with E-state index in [0.29, 0.717) is 0 Å². The van der Waals surface area contributed by atoms with Crippen LogP contribution in [-0.4, -0.2) is 29.5 Å². The highest BCUT2D eigenvalue weighted by Crippen LogP contribution is 2.33. The molecule has 1 aromatic heterocycles. The van der Waals surface area contributed by atoms with Crippen molar-refractivity contribution in [2.24, 2.45) is 0 Å². The standard InChI is InChI=1S/C9H7BrF3NO4/c1-17-6-2-5(8(15)16)14-7(4(6)3-10)18-9(11,12)13/h2H,3H2,1H3,(H,15,16). The Balaban J connectivity index is 3.35. The molecule has 0 spiro atoms. The molecule has 0 aliphatic carbocycles. The summed E-state index contributed by atoms with van der Waals surface area (Å²) < 4.78 is 45.0. The molecule has 0 aromatic carbocycles. The lowest BCUT2D eigenvalue weighted by atomic mass is 10.2. The predicted octanol–water partition coefficient (Wildman–Crippen LogP) is 2.58. The Bertz CT molecular complexity index is 464. The Hall–Kier alpha value is -1.51. The SMILES string of the molecule is COc1cc(C(=O)O)nc(OC(F)(F)F)c1CBr. The first-order chi connectivity index (χ1) is 8.28. The van der Waals surface area contributed by atoms with Crippen LogP contribution in [0.3, 0.4) is 0 Å². The van der Waals surface area contributed by atoms with Crippen LogP contribution in [0.5, 0.6) is 11.6 Å². The number of aromatic carboxylic acids is 1. The molecule has 5 nitrogen and oxygen atoms in total. The topological polar surface area (TPSA) is 68.7 Å². The third kappa shape index (κ3) is 3.49. The minimum absolute atomic E-state index is 0.0279. The summed E-state index contributed by atoms with van der Waals surface area (Å²) in [4.78, 5) is 14.0. The molecular formula is C9H7BrF3NO4. The molecule has 9 heteroatoms. The number of carboxylic acids is 1. The van der Waals surface area contributed by atoms with Gasteiger partial charge in [-0.3, -0.25) is 0 Å². The fourth-order valence-corrected chi connectivity index (χ4v) is 1.65. The van der Waals surface area contributed by atoms with Crippen molar-refractivity contribution in [2.75, 3.05) is 7.11 Å². The van der Waals surface area contributed by atoms with Crippen LogP contribution in [0.15, 0.2) is 6.07 Å². The molecule has 1 N–H and O–H groups in total. The van der Waals surface area contributed by atoms with E-state index in [1.807, 2.05) is 0 Å². The summed E-state index contributed by atoms with van der Waals surface area (Å²) in [7, 11) is 1.20. The summed E-state index contributed by atoms with van der Waals surface area (Å²) in [5.74, 6) is -2.39. The van der Waals surface area contributed by atoms with E-state index in [-0.39, 0.29) is 16.6 Å². The van der Waals surface area contributed by atoms with Crippen LogP contribution in [0.2, 0.25) is 0 Å². The Morgan fingerprint density at radius 1 is 1.56 bits per heavy atom. The van der Waals surface area contributed by atoms with Gasteiger partial charge in [-0.2, -0.15) is 0 Å². The average Bonchev–Trinajstić information content (AvgIpc) is 2.25. The lowest BCUT2D eigenvalue weighted by Crippen LogP contribution is -2.20. The van der Waals surface area contributed by atoms with E-state index < -0.39 is 23.9 Å². The minimum atomic E-state index is -4.97. The van der Waals surface area contributed by atoms with Gasteiger partial charge in [-0.05, 0) is 0 Å². The zero-order chi connectivity index (χ0) is 13.9. The van der Waals surface area contributed by atoms with Crippen LogP contribution < -0.4 is 9.47 Å². The Kier molecular flexibility index (Phi) is 4.38. The number of halogens is 4. The van der Waals surface area contributed by atoms with Crippen molar-refractivity contribution >= 4 is 21.9 Å². The second-order valence-corrected chi connectivity index (χ2v) is 3.54. The normalized spacial score (nSPS) is 11.2. The summed E-state index contributed by atoms with van der Waals surface area (Å²) >= 11 is 2.95. The quantitative estimate of drug-likeness (QED) is 0.860. The van der Waals surface area contributed by atoms with E-state index in [4.69, 9.17) is 9.84 Å². The molecule has 0 bridgehead atoms. The van der Waals surface area contributed by atoms with E-state index in [1.165, 1.54) is 7.11 Å². The van der Waals surface area contributed by atoms with Gasteiger partial charge in [0.1, 0.15) is 5.75 Å². The lowest BCUT2D eigenvalue weighted by Gasteiger charge is -2.14. The fourth-order valence-electron chi connectivity index (χ4n) is 1.13. The largest absolute Gasteiger partial charge is 0.574 e. The van der Waals surface area contributed by atoms with E-state index >= 15 is 0 Å². The van der Waals surface area contributed by atoms with Crippen molar-refractivity contribution in [3.05, 3.63) is 17.3 Å². The second-order valence-electron chi connectivity index (χ2n) is 2.98. The molecule has 0 radical (unpaired) electrons. The summed E-state index contributed by atoms with van der Waals surface area (Å²) in [6, 6.07) is 1.02. The minimum Gasteiger partial charge on any atom is -0.496 e. The van der Waals surface area contributed by atoms with Gasteiger partial charge in [0.2, 0.25) is 5.88 Å². The van der Waals surface area contributed by atoms with E-state index in [1.54, 1.807) is 0 Å². The molecule has 0 saturated heterocycles. The maximum atomic E-state index is 12.2. The maximum absolute atomic E-state index is 12.2. The van der Waals surface area contributed by atoms with Gasteiger partial charge < -0.3 is 14.6 Å². The smallest absolute Gasteiger partial charge is 0.496 e. The maximum Gasteiger partial charge on any atom is 0.574 e. The zero-order valence-electron chi connectivity index (χ0n) is 8.92. The zero-order valence-corrected chi connectivity index (χ0v) is 10.5. The third-order valence-corrected chi connectivity index (χ3v) is 2.39. The second kappa shape index (κ2) is 5.42. The predicted molar refractivity (Wildman–Crippen MR) is 57.1 cm³/mol. The Labute approximate surface area is 108 Å². The molecule has 0 saturated carbocycles. The van der Waals surface area contributed by atoms with Gasteiger partial charge in [0.05, 0.1) is 12.7 Å². The number of methoxy groups -OCH3 is 1. The first-order valence-corrected chi connectivity index (χ1v) is 5.53. The number of hydrogen-bond donors (Lipinski definition) is 1. The first kappa shape index (κ1) is 14.6. The number of ether oxygens (including phenoxy) is 2. The average molecular weight is 330 g/mol. The summed E-state index contributed by atoms with van der Waals surface area (Å²) in [6.45, 7) is 0. The van der Waals surface area contributed by atoms with Gasteiger partial charge >= 0.3 is 12.3 Å². The molecule has 1 heterocycles. The van der Waals surface area contributed by atoms with Gasteiger partial charge in [0.15, 0.2) is 5.69 Å². The highest BCUT2D eigenvalue weighted by Gasteiger charge is 2.34. The van der Waals surface area contributed by atoms with Crippen molar-refractivity contribution in [3.63, 3.8) is 0 Å². The van der Waals surface area contributed by atoms with Crippen LogP contribution >= 0.6 is 15.9 Å². The molecular weight excluding hydrogens is 323 g/mol. The number of pyridine rings is 1. The first-order valence-electron chi connectivity index (χ1n) is 4.41. The number of carboxylic acid groups (broad SMARTS) is 1. The molecule has 0 amide bonds. The van der Waals surface area contributed by atoms with Gasteiger partial charge in [-0.15, -0.1) is 13.2 Å². The van der Waals surface area contributed by atoms with Crippen molar-refractivity contribution < 1.29 is 32.5 Å². The van der Waals surface area contributed by atoms with Gasteiger partial charge in [0, 0.05) is 11.4 Å². The Morgan fingerprint density at radius 2 is 2.17 bits per heavy atom. The van der Waals surface area contributed by atoms with Crippen molar-refractivity contribution in [1.29, 1.82) is 0 Å². The number of nitrogens with zero attached hydrogens (tertiary/aromatic N) is 1. The fraction of sp³-hybridized carbons (Fsp3) is 0.333. The van der Waals surface area contributed by atoms with E-state index in [9.17, 15) is 18.0 Å². The summed E-state index contributed by atoms with van der Waals surface area (Å²) in [6.07, 6.45) is -4.97. The van der Waals surface area contributed by atoms with Crippen LogP contribution in [0.4, 0.5) is 13.2 Å². The molecule has 0 fully saturated rings. The molecule has 0 aliphatic heterocycles. The summed E-state index contributed by atoms with van der Waals surface area (Å²) in [5, 5.41) is 8.69. The van der Waals surface area contributed by atoms with Crippen LogP contribution in [0, 0.1) is 0 Å². The Morgan fingerprint density at radius 3 is 2.56 bits per heavy atom. The molecule has 0 unspecified atom stereocenters. The van der Waals surface area contributed by atoms with Crippen LogP contribution in [-0.2, 0) is 5.33 Å². The van der Waals surface area contributed by atoms with Crippen LogP contribution in [0.1, 0.15) is 16.1 Å². The van der Waals surface area contributed by atoms with E-state index in [0.717, 1.165) is 6.07 Å². The number of carbonyl (C=O) groups is 1. The highest BCUT2D eigenvalue weighted by atomic mass is 79.9. The highest BCUT2D eigenvalue weighted by molar-refractivity contribution is 9.08. The molecule has 0 aliphatic rings. The number of aromatic nitrogens is 1.